The molecule has 2 heterocycles. The number of rotatable bonds is 8. The minimum Gasteiger partial charge on any atom is -0.507 e. The Balaban J connectivity index is 1.47. The fourth-order valence-corrected chi connectivity index (χ4v) is 8.35. The van der Waals surface area contributed by atoms with Gasteiger partial charge in [0.05, 0.1) is 37.6 Å². The predicted molar refractivity (Wildman–Crippen MR) is 281 cm³/mol. The molecular weight excluding hydrogens is 803 g/mol. The molecule has 0 saturated heterocycles. The molecule has 6 aromatic carbocycles. The minimum atomic E-state index is -3.92. The van der Waals surface area contributed by atoms with Crippen molar-refractivity contribution in [1.29, 1.82) is 0 Å². The van der Waals surface area contributed by atoms with Crippen LogP contribution in [0.15, 0.2) is 139 Å². The molecule has 8 rings (SSSR count). The van der Waals surface area contributed by atoms with Crippen LogP contribution in [0.1, 0.15) is 146 Å². The van der Waals surface area contributed by atoms with E-state index >= 15 is 0 Å². The third-order valence-electron chi connectivity index (χ3n) is 12.0. The Kier molecular flexibility index (Phi) is 7.84. The summed E-state index contributed by atoms with van der Waals surface area (Å²) < 4.78 is 141. The van der Waals surface area contributed by atoms with Crippen LogP contribution in [0.4, 0.5) is 0 Å². The number of aromatic nitrogens is 3. The van der Waals surface area contributed by atoms with Gasteiger partial charge in [-0.2, -0.15) is 0 Å². The van der Waals surface area contributed by atoms with Crippen molar-refractivity contribution >= 4 is 11.0 Å². The van der Waals surface area contributed by atoms with Crippen LogP contribution in [0.5, 0.6) is 5.75 Å². The summed E-state index contributed by atoms with van der Waals surface area (Å²) >= 11 is 0. The van der Waals surface area contributed by atoms with Crippen molar-refractivity contribution in [3.63, 3.8) is 0 Å². The van der Waals surface area contributed by atoms with Crippen molar-refractivity contribution in [1.82, 2.24) is 14.5 Å². The Labute approximate surface area is 417 Å². The van der Waals surface area contributed by atoms with Crippen LogP contribution in [-0.2, 0) is 28.1 Å². The highest BCUT2D eigenvalue weighted by Crippen LogP contribution is 2.46. The smallest absolute Gasteiger partial charge is 0.149 e. The predicted octanol–water partition coefficient (Wildman–Crippen LogP) is 16.8. The lowest BCUT2D eigenvalue weighted by molar-refractivity contribution is 0.446. The van der Waals surface area contributed by atoms with Crippen molar-refractivity contribution < 1.29 is 27.0 Å². The molecule has 0 bridgehead atoms. The quantitative estimate of drug-likeness (QED) is 0.165. The van der Waals surface area contributed by atoms with Gasteiger partial charge in [-0.1, -0.05) is 182 Å². The van der Waals surface area contributed by atoms with Gasteiger partial charge in [0, 0.05) is 40.8 Å². The zero-order chi connectivity index (χ0) is 61.1. The first-order valence-electron chi connectivity index (χ1n) is 30.5. The minimum absolute atomic E-state index is 0.0877. The topological polar surface area (TPSA) is 50.9 Å². The molecule has 2 aromatic heterocycles. The lowest BCUT2D eigenvalue weighted by Crippen LogP contribution is -2.17. The fourth-order valence-electron chi connectivity index (χ4n) is 8.35. The molecule has 8 aromatic rings. The van der Waals surface area contributed by atoms with Gasteiger partial charge in [0.1, 0.15) is 11.6 Å². The molecule has 1 N–H and O–H groups in total. The summed E-state index contributed by atoms with van der Waals surface area (Å²) in [6.07, 6.45) is 0.113. The summed E-state index contributed by atoms with van der Waals surface area (Å²) in [5.41, 5.74) is 1.36. The largest absolute Gasteiger partial charge is 0.507 e. The van der Waals surface area contributed by atoms with Gasteiger partial charge in [-0.25, -0.2) is 4.98 Å². The van der Waals surface area contributed by atoms with Crippen molar-refractivity contribution in [2.45, 2.75) is 125 Å². The number of hydrogen-bond donors (Lipinski definition) is 1. The summed E-state index contributed by atoms with van der Waals surface area (Å²) in [6.45, 7) is 11.1. The van der Waals surface area contributed by atoms with Crippen LogP contribution in [-0.4, -0.2) is 19.6 Å². The molecule has 338 valence electrons. The Morgan fingerprint density at radius 2 is 1.27 bits per heavy atom. The van der Waals surface area contributed by atoms with Gasteiger partial charge in [-0.15, -0.1) is 0 Å². The molecule has 0 amide bonds. The van der Waals surface area contributed by atoms with E-state index in [4.69, 9.17) is 22.8 Å². The van der Waals surface area contributed by atoms with Gasteiger partial charge in [-0.05, 0) is 127 Å². The molecule has 4 nitrogen and oxygen atoms in total. The Morgan fingerprint density at radius 1 is 0.591 bits per heavy atom. The average Bonchev–Trinajstić information content (AvgIpc) is 0.870. The number of phenols is 1. The monoisotopic (exact) mass is 888 g/mol. The number of benzene rings is 6. The van der Waals surface area contributed by atoms with E-state index < -0.39 is 95.9 Å². The van der Waals surface area contributed by atoms with Gasteiger partial charge < -0.3 is 5.11 Å². The summed E-state index contributed by atoms with van der Waals surface area (Å²) in [4.78, 5) is 10.00. The highest BCUT2D eigenvalue weighted by Gasteiger charge is 2.30. The van der Waals surface area contributed by atoms with Gasteiger partial charge in [0.15, 0.2) is 0 Å². The first kappa shape index (κ1) is 30.1. The third-order valence-corrected chi connectivity index (χ3v) is 12.0. The lowest BCUT2D eigenvalue weighted by atomic mass is 9.79. The highest BCUT2D eigenvalue weighted by atomic mass is 16.3. The van der Waals surface area contributed by atoms with E-state index in [2.05, 4.69) is 101 Å². The Hall–Kier alpha value is -6.26. The van der Waals surface area contributed by atoms with E-state index in [1.54, 1.807) is 12.1 Å². The second-order valence-corrected chi connectivity index (χ2v) is 20.9. The molecule has 66 heavy (non-hydrogen) atoms. The molecule has 0 fully saturated rings. The maximum absolute atomic E-state index is 12.6. The number of nitrogens with zero attached hydrogens (tertiary/aromatic N) is 3. The van der Waals surface area contributed by atoms with Gasteiger partial charge >= 0.3 is 0 Å². The maximum Gasteiger partial charge on any atom is 0.149 e. The van der Waals surface area contributed by atoms with Gasteiger partial charge in [0.25, 0.3) is 0 Å². The molecule has 0 saturated carbocycles. The first-order valence-corrected chi connectivity index (χ1v) is 22.5. The van der Waals surface area contributed by atoms with E-state index in [1.807, 2.05) is 69.3 Å². The number of phenolic OH excluding ortho intramolecular Hbond substituents is 1. The molecule has 0 aliphatic carbocycles. The fraction of sp³-hybridized carbons (Fsp3) is 0.323. The summed E-state index contributed by atoms with van der Waals surface area (Å²) in [5, 5.41) is 12.6. The van der Waals surface area contributed by atoms with E-state index in [0.717, 1.165) is 45.5 Å². The Bertz CT molecular complexity index is 3750. The molecule has 0 radical (unpaired) electrons. The zero-order valence-electron chi connectivity index (χ0n) is 55.8. The van der Waals surface area contributed by atoms with Crippen LogP contribution in [0.3, 0.4) is 0 Å². The number of hydrogen-bond acceptors (Lipinski definition) is 3. The second-order valence-electron chi connectivity index (χ2n) is 20.9. The van der Waals surface area contributed by atoms with Gasteiger partial charge in [-0.3, -0.25) is 9.55 Å². The summed E-state index contributed by atoms with van der Waals surface area (Å²) in [7, 11) is 0. The summed E-state index contributed by atoms with van der Waals surface area (Å²) in [5.74, 6) is 0.940. The highest BCUT2D eigenvalue weighted by molar-refractivity contribution is 5.98. The lowest BCUT2D eigenvalue weighted by Gasteiger charge is -2.27. The Morgan fingerprint density at radius 3 is 1.92 bits per heavy atom. The molecule has 4 heteroatoms. The molecular formula is C62H69N3O. The van der Waals surface area contributed by atoms with E-state index in [1.165, 1.54) is 0 Å². The van der Waals surface area contributed by atoms with Crippen molar-refractivity contribution in [3.8, 4) is 67.5 Å². The van der Waals surface area contributed by atoms with E-state index in [0.29, 0.717) is 39.5 Å². The first-order chi connectivity index (χ1) is 37.6. The number of fused-ring (bicyclic) bond motifs is 1. The van der Waals surface area contributed by atoms with Crippen molar-refractivity contribution in [2.75, 3.05) is 0 Å². The molecule has 0 atom stereocenters. The molecule has 0 aliphatic rings. The summed E-state index contributed by atoms with van der Waals surface area (Å²) in [6, 6.07) is 25.7. The van der Waals surface area contributed by atoms with Crippen LogP contribution < -0.4 is 0 Å². The van der Waals surface area contributed by atoms with Crippen LogP contribution in [0.25, 0.3) is 72.7 Å². The van der Waals surface area contributed by atoms with Crippen LogP contribution in [0, 0.1) is 5.92 Å². The average molecular weight is 888 g/mol. The van der Waals surface area contributed by atoms with Crippen LogP contribution >= 0.6 is 0 Å². The number of pyridine rings is 1. The zero-order valence-corrected chi connectivity index (χ0v) is 39.8. The SMILES string of the molecule is [2H]c1nc(-c2cc(-c3cccc4c3nc(-c3cc(C(C)(C)C)cc(C(C)(C)C)c3O)n4-c3ccc(CC(C)C)cc3-c3ccccc3)cc(C(C)(C)C)c2)c([2H])c(-c2c([2H])c([2H])c(C(C([2H])([2H])[2H])(C([2H])([2H])[2H])C([2H])([2H])[2H])c([2H])c2[2H])c1[2H]. The van der Waals surface area contributed by atoms with E-state index in [-0.39, 0.29) is 22.4 Å². The number of imidazole rings is 1. The van der Waals surface area contributed by atoms with E-state index in [9.17, 15) is 9.22 Å². The third kappa shape index (κ3) is 9.38. The maximum atomic E-state index is 12.6. The van der Waals surface area contributed by atoms with Gasteiger partial charge in [0.2, 0.25) is 0 Å². The number of aromatic hydroxyl groups is 1. The second kappa shape index (κ2) is 17.2. The standard InChI is InChI=1S/C62H69N3O/c1-39(2)31-40-23-28-54(50(32-40)42-19-16-15-17-20-42)65-55-22-18-21-49(56(55)64-58(65)51-37-48(61(9,10)11)38-52(57(51)66)62(12,13)14)44-33-45(35-47(34-44)60(6,7)8)53-36-43(29-30-63-53)41-24-26-46(27-25-41)59(3,4)5/h15-30,32-39,66H,31H2,1-14H3/i3D3,4D3,5D3,24D,25D,26D,27D,29D,30D,36D. The molecule has 0 unspecified atom stereocenters. The molecule has 0 aliphatic heterocycles. The normalized spacial score (nSPS) is 16.7. The van der Waals surface area contributed by atoms with Crippen molar-refractivity contribution in [3.05, 3.63) is 167 Å². The van der Waals surface area contributed by atoms with Crippen LogP contribution in [0.2, 0.25) is 0 Å². The molecule has 0 spiro atoms. The number of para-hydroxylation sites is 1. The van der Waals surface area contributed by atoms with Crippen molar-refractivity contribution in [2.24, 2.45) is 5.92 Å².